The second-order valence-corrected chi connectivity index (χ2v) is 7.90. The van der Waals surface area contributed by atoms with Gasteiger partial charge in [0.2, 0.25) is 0 Å². The SMILES string of the molecule is CCOC(=O)Cn1c(=O)c(=O)n(C(C)C)c2ccc(S(C)(=O)=O)cc21. The molecule has 0 aliphatic carbocycles. The molecule has 0 radical (unpaired) electrons. The van der Waals surface area contributed by atoms with Crippen LogP contribution >= 0.6 is 0 Å². The number of ether oxygens (including phenoxy) is 1. The Bertz CT molecular complexity index is 1050. The van der Waals surface area contributed by atoms with Gasteiger partial charge in [-0.3, -0.25) is 23.5 Å². The fourth-order valence-electron chi connectivity index (χ4n) is 2.60. The van der Waals surface area contributed by atoms with E-state index in [0.29, 0.717) is 5.52 Å². The molecule has 0 saturated heterocycles. The van der Waals surface area contributed by atoms with Gasteiger partial charge in [0.05, 0.1) is 22.5 Å². The molecule has 1 aromatic carbocycles. The van der Waals surface area contributed by atoms with E-state index in [0.717, 1.165) is 10.8 Å². The Hall–Kier alpha value is -2.42. The molecule has 0 unspecified atom stereocenters. The van der Waals surface area contributed by atoms with E-state index in [2.05, 4.69) is 0 Å². The summed E-state index contributed by atoms with van der Waals surface area (Å²) >= 11 is 0. The van der Waals surface area contributed by atoms with E-state index < -0.39 is 33.5 Å². The molecule has 1 aromatic heterocycles. The molecule has 0 N–H and O–H groups in total. The Morgan fingerprint density at radius 2 is 1.80 bits per heavy atom. The number of nitrogens with zero attached hydrogens (tertiary/aromatic N) is 2. The van der Waals surface area contributed by atoms with Gasteiger partial charge in [-0.25, -0.2) is 8.42 Å². The minimum atomic E-state index is -3.52. The van der Waals surface area contributed by atoms with Crippen molar-refractivity contribution < 1.29 is 17.9 Å². The third-order valence-electron chi connectivity index (χ3n) is 3.68. The molecular weight excluding hydrogens is 348 g/mol. The Kier molecular flexibility index (Phi) is 5.17. The summed E-state index contributed by atoms with van der Waals surface area (Å²) < 4.78 is 30.8. The average Bonchev–Trinajstić information content (AvgIpc) is 2.50. The van der Waals surface area contributed by atoms with Crippen molar-refractivity contribution in [2.75, 3.05) is 12.9 Å². The van der Waals surface area contributed by atoms with Gasteiger partial charge in [-0.2, -0.15) is 0 Å². The molecule has 0 aliphatic rings. The molecule has 1 heterocycles. The molecule has 8 nitrogen and oxygen atoms in total. The highest BCUT2D eigenvalue weighted by Gasteiger charge is 2.19. The van der Waals surface area contributed by atoms with Crippen molar-refractivity contribution >= 4 is 26.8 Å². The van der Waals surface area contributed by atoms with Crippen LogP contribution < -0.4 is 11.1 Å². The Morgan fingerprint density at radius 3 is 2.32 bits per heavy atom. The predicted octanol–water partition coefficient (Wildman–Crippen LogP) is 0.711. The highest BCUT2D eigenvalue weighted by atomic mass is 32.2. The quantitative estimate of drug-likeness (QED) is 0.569. The van der Waals surface area contributed by atoms with Gasteiger partial charge >= 0.3 is 17.1 Å². The van der Waals surface area contributed by atoms with E-state index >= 15 is 0 Å². The molecule has 25 heavy (non-hydrogen) atoms. The molecule has 9 heteroatoms. The van der Waals surface area contributed by atoms with E-state index in [9.17, 15) is 22.8 Å². The lowest BCUT2D eigenvalue weighted by molar-refractivity contribution is -0.143. The molecule has 0 saturated carbocycles. The van der Waals surface area contributed by atoms with Crippen molar-refractivity contribution in [3.05, 3.63) is 38.9 Å². The first-order valence-electron chi connectivity index (χ1n) is 7.72. The zero-order valence-electron chi connectivity index (χ0n) is 14.5. The Balaban J connectivity index is 2.92. The van der Waals surface area contributed by atoms with Crippen molar-refractivity contribution in [2.45, 2.75) is 38.3 Å². The van der Waals surface area contributed by atoms with Crippen LogP contribution in [0, 0.1) is 0 Å². The zero-order chi connectivity index (χ0) is 18.9. The van der Waals surface area contributed by atoms with Crippen LogP contribution in [0.25, 0.3) is 11.0 Å². The van der Waals surface area contributed by atoms with E-state index in [1.54, 1.807) is 20.8 Å². The van der Waals surface area contributed by atoms with Gasteiger partial charge in [0.25, 0.3) is 0 Å². The number of benzene rings is 1. The highest BCUT2D eigenvalue weighted by molar-refractivity contribution is 7.90. The van der Waals surface area contributed by atoms with Crippen molar-refractivity contribution in [2.24, 2.45) is 0 Å². The third-order valence-corrected chi connectivity index (χ3v) is 4.79. The maximum Gasteiger partial charge on any atom is 0.326 e. The molecule has 0 spiro atoms. The molecule has 2 rings (SSSR count). The number of sulfone groups is 1. The summed E-state index contributed by atoms with van der Waals surface area (Å²) in [7, 11) is -3.52. The van der Waals surface area contributed by atoms with E-state index in [1.165, 1.54) is 22.8 Å². The van der Waals surface area contributed by atoms with Crippen LogP contribution in [0.15, 0.2) is 32.7 Å². The minimum Gasteiger partial charge on any atom is -0.465 e. The molecule has 0 fully saturated rings. The summed E-state index contributed by atoms with van der Waals surface area (Å²) in [4.78, 5) is 36.7. The van der Waals surface area contributed by atoms with E-state index in [1.807, 2.05) is 0 Å². The van der Waals surface area contributed by atoms with Crippen LogP contribution in [0.1, 0.15) is 26.8 Å². The van der Waals surface area contributed by atoms with E-state index in [-0.39, 0.29) is 23.1 Å². The summed E-state index contributed by atoms with van der Waals surface area (Å²) in [6, 6.07) is 3.82. The van der Waals surface area contributed by atoms with Gasteiger partial charge < -0.3 is 4.74 Å². The van der Waals surface area contributed by atoms with Gasteiger partial charge in [-0.1, -0.05) is 0 Å². The lowest BCUT2D eigenvalue weighted by Crippen LogP contribution is -2.43. The monoisotopic (exact) mass is 368 g/mol. The van der Waals surface area contributed by atoms with Crippen LogP contribution in [-0.4, -0.2) is 36.4 Å². The molecular formula is C16H20N2O6S. The van der Waals surface area contributed by atoms with Crippen LogP contribution in [-0.2, 0) is 25.9 Å². The fourth-order valence-corrected chi connectivity index (χ4v) is 3.24. The smallest absolute Gasteiger partial charge is 0.326 e. The molecule has 136 valence electrons. The summed E-state index contributed by atoms with van der Waals surface area (Å²) in [6.45, 7) is 4.76. The van der Waals surface area contributed by atoms with Gasteiger partial charge in [0, 0.05) is 12.3 Å². The largest absolute Gasteiger partial charge is 0.465 e. The van der Waals surface area contributed by atoms with Crippen molar-refractivity contribution in [3.63, 3.8) is 0 Å². The fraction of sp³-hybridized carbons (Fsp3) is 0.438. The number of carbonyl (C=O) groups is 1. The number of hydrogen-bond donors (Lipinski definition) is 0. The Labute approximate surface area is 144 Å². The number of hydrogen-bond acceptors (Lipinski definition) is 6. The molecule has 0 aliphatic heterocycles. The first-order chi connectivity index (χ1) is 11.6. The summed E-state index contributed by atoms with van der Waals surface area (Å²) in [5.41, 5.74) is -1.12. The Morgan fingerprint density at radius 1 is 1.16 bits per heavy atom. The summed E-state index contributed by atoms with van der Waals surface area (Å²) in [6.07, 6.45) is 1.04. The van der Waals surface area contributed by atoms with E-state index in [4.69, 9.17) is 4.74 Å². The minimum absolute atomic E-state index is 0.00837. The van der Waals surface area contributed by atoms with Crippen LogP contribution in [0.2, 0.25) is 0 Å². The third kappa shape index (κ3) is 3.65. The summed E-state index contributed by atoms with van der Waals surface area (Å²) in [5.74, 6) is -0.683. The maximum absolute atomic E-state index is 12.5. The summed E-state index contributed by atoms with van der Waals surface area (Å²) in [5, 5.41) is 0. The first-order valence-corrected chi connectivity index (χ1v) is 9.61. The van der Waals surface area contributed by atoms with Crippen molar-refractivity contribution in [3.8, 4) is 0 Å². The normalized spacial score (nSPS) is 11.9. The van der Waals surface area contributed by atoms with Crippen LogP contribution in [0.4, 0.5) is 0 Å². The first kappa shape index (κ1) is 18.9. The molecule has 0 atom stereocenters. The lowest BCUT2D eigenvalue weighted by Gasteiger charge is -2.17. The number of esters is 1. The van der Waals surface area contributed by atoms with Crippen molar-refractivity contribution in [1.29, 1.82) is 0 Å². The zero-order valence-corrected chi connectivity index (χ0v) is 15.3. The maximum atomic E-state index is 12.5. The number of fused-ring (bicyclic) bond motifs is 1. The highest BCUT2D eigenvalue weighted by Crippen LogP contribution is 2.19. The number of carbonyl (C=O) groups excluding carboxylic acids is 1. The van der Waals surface area contributed by atoms with Crippen LogP contribution in [0.5, 0.6) is 0 Å². The second-order valence-electron chi connectivity index (χ2n) is 5.89. The number of aromatic nitrogens is 2. The van der Waals surface area contributed by atoms with Gasteiger partial charge in [-0.15, -0.1) is 0 Å². The molecule has 2 aromatic rings. The lowest BCUT2D eigenvalue weighted by atomic mass is 10.2. The van der Waals surface area contributed by atoms with Gasteiger partial charge in [0.1, 0.15) is 6.54 Å². The van der Waals surface area contributed by atoms with Crippen molar-refractivity contribution in [1.82, 2.24) is 9.13 Å². The predicted molar refractivity (Wildman–Crippen MR) is 92.6 cm³/mol. The number of rotatable bonds is 5. The second kappa shape index (κ2) is 6.83. The molecule has 0 bridgehead atoms. The van der Waals surface area contributed by atoms with Gasteiger partial charge in [-0.05, 0) is 39.0 Å². The molecule has 0 amide bonds. The standard InChI is InChI=1S/C16H20N2O6S/c1-5-24-14(19)9-17-13-8-11(25(4,22)23)6-7-12(13)18(10(2)3)16(21)15(17)20/h6-8,10H,5,9H2,1-4H3. The average molecular weight is 368 g/mol. The topological polar surface area (TPSA) is 104 Å². The van der Waals surface area contributed by atoms with Crippen LogP contribution in [0.3, 0.4) is 0 Å². The van der Waals surface area contributed by atoms with Gasteiger partial charge in [0.15, 0.2) is 9.84 Å².